The molecule has 0 heterocycles. The fourth-order valence-electron chi connectivity index (χ4n) is 1.47. The van der Waals surface area contributed by atoms with E-state index in [0.29, 0.717) is 5.92 Å². The van der Waals surface area contributed by atoms with E-state index >= 15 is 0 Å². The molecule has 0 spiro atoms. The lowest BCUT2D eigenvalue weighted by Crippen LogP contribution is -1.94. The van der Waals surface area contributed by atoms with Gasteiger partial charge in [-0.3, -0.25) is 4.39 Å². The van der Waals surface area contributed by atoms with Gasteiger partial charge in [-0.1, -0.05) is 34.6 Å². The fourth-order valence-corrected chi connectivity index (χ4v) is 1.47. The van der Waals surface area contributed by atoms with Crippen molar-refractivity contribution in [3.63, 3.8) is 0 Å². The van der Waals surface area contributed by atoms with Crippen molar-refractivity contribution >= 4 is 0 Å². The summed E-state index contributed by atoms with van der Waals surface area (Å²) in [5.41, 5.74) is 0. The topological polar surface area (TPSA) is 0 Å². The lowest BCUT2D eigenvalue weighted by atomic mass is 10.1. The van der Waals surface area contributed by atoms with E-state index in [2.05, 4.69) is 6.92 Å². The summed E-state index contributed by atoms with van der Waals surface area (Å²) >= 11 is 0. The van der Waals surface area contributed by atoms with Crippen LogP contribution in [0.15, 0.2) is 0 Å². The highest BCUT2D eigenvalue weighted by Crippen LogP contribution is 2.30. The molecule has 0 saturated heterocycles. The molecule has 1 heteroatoms. The van der Waals surface area contributed by atoms with Gasteiger partial charge in [-0.05, 0) is 24.7 Å². The molecular weight excluding hydrogens is 139 g/mol. The molecule has 70 valence electrons. The van der Waals surface area contributed by atoms with E-state index in [1.165, 1.54) is 6.42 Å². The zero-order valence-electron chi connectivity index (χ0n) is 7.36. The maximum absolute atomic E-state index is 11.9. The van der Waals surface area contributed by atoms with Crippen molar-refractivity contribution in [1.82, 2.24) is 0 Å². The van der Waals surface area contributed by atoms with Crippen LogP contribution in [0.4, 0.5) is 4.39 Å². The minimum Gasteiger partial charge on any atom is -0.251 e. The molecule has 0 bridgehead atoms. The van der Waals surface area contributed by atoms with Gasteiger partial charge < -0.3 is 0 Å². The molecule has 0 aromatic heterocycles. The Balaban J connectivity index is 0. The summed E-state index contributed by atoms with van der Waals surface area (Å²) in [5.74, 6) is 1.20. The van der Waals surface area contributed by atoms with E-state index in [9.17, 15) is 4.39 Å². The molecule has 1 rings (SSSR count). The molecule has 0 amide bonds. The lowest BCUT2D eigenvalue weighted by molar-refractivity contribution is 0.360. The van der Waals surface area contributed by atoms with Gasteiger partial charge in [0, 0.05) is 0 Å². The van der Waals surface area contributed by atoms with Crippen LogP contribution >= 0.6 is 0 Å². The third-order valence-corrected chi connectivity index (χ3v) is 2.02. The van der Waals surface area contributed by atoms with Gasteiger partial charge in [0.05, 0.1) is 6.67 Å². The summed E-state index contributed by atoms with van der Waals surface area (Å²) < 4.78 is 11.9. The van der Waals surface area contributed by atoms with Crippen LogP contribution in [0.1, 0.15) is 47.5 Å². The smallest absolute Gasteiger partial charge is 0.0922 e. The first-order valence-electron chi connectivity index (χ1n) is 4.39. The Labute approximate surface area is 71.2 Å². The number of halogens is 1. The van der Waals surface area contributed by atoms with Gasteiger partial charge in [-0.2, -0.15) is 0 Å². The van der Waals surface area contributed by atoms with Gasteiger partial charge in [-0.15, -0.1) is 0 Å². The quantitative estimate of drug-likeness (QED) is 0.545. The van der Waals surface area contributed by atoms with Gasteiger partial charge in [0.25, 0.3) is 0 Å². The predicted octanol–water partition coefficient (Wildman–Crippen LogP) is 4.05. The van der Waals surface area contributed by atoms with E-state index in [-0.39, 0.29) is 14.1 Å². The van der Waals surface area contributed by atoms with Crippen molar-refractivity contribution in [2.45, 2.75) is 47.5 Å². The largest absolute Gasteiger partial charge is 0.251 e. The molecule has 0 aromatic rings. The highest BCUT2D eigenvalue weighted by Gasteiger charge is 2.20. The second kappa shape index (κ2) is 8.03. The zero-order chi connectivity index (χ0) is 7.98. The number of hydrogen-bond donors (Lipinski definition) is 0. The Bertz CT molecular complexity index is 71.3. The van der Waals surface area contributed by atoms with Crippen LogP contribution in [0.25, 0.3) is 0 Å². The van der Waals surface area contributed by atoms with Crippen molar-refractivity contribution in [2.24, 2.45) is 11.8 Å². The summed E-state index contributed by atoms with van der Waals surface area (Å²) in [6.45, 7) is 6.11. The van der Waals surface area contributed by atoms with Crippen LogP contribution in [-0.4, -0.2) is 6.67 Å². The van der Waals surface area contributed by atoms with Gasteiger partial charge in [0.2, 0.25) is 0 Å². The summed E-state index contributed by atoms with van der Waals surface area (Å²) in [6, 6.07) is 0. The van der Waals surface area contributed by atoms with Crippen molar-refractivity contribution in [3.05, 3.63) is 0 Å². The maximum atomic E-state index is 11.9. The van der Waals surface area contributed by atoms with Crippen LogP contribution < -0.4 is 0 Å². The highest BCUT2D eigenvalue weighted by atomic mass is 19.1. The van der Waals surface area contributed by atoms with Crippen LogP contribution in [-0.2, 0) is 0 Å². The molecule has 0 radical (unpaired) electrons. The van der Waals surface area contributed by atoms with E-state index in [1.807, 2.05) is 13.8 Å². The molecule has 1 saturated carbocycles. The number of hydrogen-bond acceptors (Lipinski definition) is 0. The minimum atomic E-state index is -0.0929. The van der Waals surface area contributed by atoms with Gasteiger partial charge >= 0.3 is 0 Å². The molecule has 1 aliphatic carbocycles. The zero-order valence-corrected chi connectivity index (χ0v) is 7.36. The Morgan fingerprint density at radius 3 is 2.00 bits per heavy atom. The monoisotopic (exact) mass is 162 g/mol. The second-order valence-electron chi connectivity index (χ2n) is 2.94. The van der Waals surface area contributed by atoms with Crippen LogP contribution in [0.2, 0.25) is 0 Å². The summed E-state index contributed by atoms with van der Waals surface area (Å²) in [5, 5.41) is 0. The van der Waals surface area contributed by atoms with Crippen molar-refractivity contribution in [2.75, 3.05) is 6.67 Å². The third kappa shape index (κ3) is 5.23. The molecular formula is C10H23F. The number of rotatable bonds is 1. The van der Waals surface area contributed by atoms with Gasteiger partial charge in [-0.25, -0.2) is 0 Å². The van der Waals surface area contributed by atoms with Crippen LogP contribution in [0.5, 0.6) is 0 Å². The standard InChI is InChI=1S/C7H13F.C2H6.CH4/c1-6-2-3-7(4-6)5-8;1-2;/h6-7H,2-5H2,1H3;1-2H3;1H4. The summed E-state index contributed by atoms with van der Waals surface area (Å²) in [4.78, 5) is 0. The third-order valence-electron chi connectivity index (χ3n) is 2.02. The average molecular weight is 162 g/mol. The van der Waals surface area contributed by atoms with Crippen LogP contribution in [0.3, 0.4) is 0 Å². The first-order chi connectivity index (χ1) is 4.83. The molecule has 1 aliphatic rings. The molecule has 2 unspecified atom stereocenters. The van der Waals surface area contributed by atoms with Crippen molar-refractivity contribution < 1.29 is 4.39 Å². The highest BCUT2D eigenvalue weighted by molar-refractivity contribution is 4.71. The van der Waals surface area contributed by atoms with Crippen molar-refractivity contribution in [3.8, 4) is 0 Å². The first-order valence-corrected chi connectivity index (χ1v) is 4.39. The SMILES string of the molecule is C.CC.CC1CCC(CF)C1. The maximum Gasteiger partial charge on any atom is 0.0922 e. The summed E-state index contributed by atoms with van der Waals surface area (Å²) in [7, 11) is 0. The average Bonchev–Trinajstić information content (AvgIpc) is 2.40. The Hall–Kier alpha value is -0.0700. The van der Waals surface area contributed by atoms with E-state index in [4.69, 9.17) is 0 Å². The molecule has 0 aromatic carbocycles. The molecule has 2 atom stereocenters. The van der Waals surface area contributed by atoms with E-state index in [0.717, 1.165) is 18.8 Å². The van der Waals surface area contributed by atoms with Crippen LogP contribution in [0, 0.1) is 11.8 Å². The molecule has 0 N–H and O–H groups in total. The van der Waals surface area contributed by atoms with Gasteiger partial charge in [0.15, 0.2) is 0 Å². The Morgan fingerprint density at radius 2 is 1.82 bits per heavy atom. The van der Waals surface area contributed by atoms with E-state index < -0.39 is 0 Å². The molecule has 0 nitrogen and oxygen atoms in total. The first kappa shape index (κ1) is 13.5. The molecule has 11 heavy (non-hydrogen) atoms. The lowest BCUT2D eigenvalue weighted by Gasteiger charge is -1.99. The van der Waals surface area contributed by atoms with Crippen molar-refractivity contribution in [1.29, 1.82) is 0 Å². The fraction of sp³-hybridized carbons (Fsp3) is 1.00. The van der Waals surface area contributed by atoms with Gasteiger partial charge in [0.1, 0.15) is 0 Å². The Kier molecular flexibility index (Phi) is 9.87. The Morgan fingerprint density at radius 1 is 1.27 bits per heavy atom. The predicted molar refractivity (Wildman–Crippen MR) is 50.6 cm³/mol. The summed E-state index contributed by atoms with van der Waals surface area (Å²) in [6.07, 6.45) is 3.49. The minimum absolute atomic E-state index is 0. The normalized spacial score (nSPS) is 28.4. The van der Waals surface area contributed by atoms with E-state index in [1.54, 1.807) is 0 Å². The second-order valence-corrected chi connectivity index (χ2v) is 2.94. The number of alkyl halides is 1. The molecule has 0 aliphatic heterocycles. The molecule has 1 fully saturated rings.